The van der Waals surface area contributed by atoms with Crippen LogP contribution in [0.4, 0.5) is 0 Å². The molecule has 4 nitrogen and oxygen atoms in total. The van der Waals surface area contributed by atoms with E-state index in [4.69, 9.17) is 10.8 Å². The summed E-state index contributed by atoms with van der Waals surface area (Å²) in [6, 6.07) is 5.14. The molecule has 1 rings (SSSR count). The fourth-order valence-corrected chi connectivity index (χ4v) is 1.04. The number of carboxylic acids is 1. The highest BCUT2D eigenvalue weighted by molar-refractivity contribution is 6.00. The number of hydrogen-bond donors (Lipinski definition) is 2. The number of benzene rings is 1. The molecule has 0 saturated carbocycles. The Balaban J connectivity index is 2.94. The van der Waals surface area contributed by atoms with Gasteiger partial charge in [-0.1, -0.05) is 12.1 Å². The number of nitrogens with two attached hydrogens (primary N) is 1. The van der Waals surface area contributed by atoms with Gasteiger partial charge in [-0.3, -0.25) is 4.79 Å². The summed E-state index contributed by atoms with van der Waals surface area (Å²) in [4.78, 5) is 21.9. The second kappa shape index (κ2) is 4.02. The Morgan fingerprint density at radius 3 is 2.00 bits per heavy atom. The van der Waals surface area contributed by atoms with Crippen LogP contribution in [0.15, 0.2) is 24.3 Å². The lowest BCUT2D eigenvalue weighted by molar-refractivity contribution is 0.0696. The smallest absolute Gasteiger partial charge is 0.335 e. The van der Waals surface area contributed by atoms with E-state index >= 15 is 0 Å². The molecule has 0 aliphatic carbocycles. The Bertz CT molecular complexity index is 354. The van der Waals surface area contributed by atoms with Crippen molar-refractivity contribution < 1.29 is 14.7 Å². The number of carboxylic acid groups (broad SMARTS) is 1. The molecule has 0 spiro atoms. The quantitative estimate of drug-likeness (QED) is 0.699. The summed E-state index contributed by atoms with van der Waals surface area (Å²) in [5.41, 5.74) is 5.99. The predicted octanol–water partition coefficient (Wildman–Crippen LogP) is 0.915. The van der Waals surface area contributed by atoms with Crippen molar-refractivity contribution in [3.8, 4) is 0 Å². The molecule has 1 unspecified atom stereocenters. The third-order valence-corrected chi connectivity index (χ3v) is 1.83. The van der Waals surface area contributed by atoms with Crippen LogP contribution >= 0.6 is 0 Å². The van der Waals surface area contributed by atoms with Crippen LogP contribution in [0.3, 0.4) is 0 Å². The maximum atomic E-state index is 11.4. The second-order valence-corrected chi connectivity index (χ2v) is 3.04. The van der Waals surface area contributed by atoms with E-state index in [-0.39, 0.29) is 11.3 Å². The first-order valence-corrected chi connectivity index (χ1v) is 4.15. The minimum absolute atomic E-state index is 0.159. The van der Waals surface area contributed by atoms with Gasteiger partial charge < -0.3 is 10.8 Å². The zero-order chi connectivity index (χ0) is 10.7. The molecular formula is C10H11NO3. The number of aromatic carboxylic acids is 1. The van der Waals surface area contributed by atoms with Crippen molar-refractivity contribution in [1.82, 2.24) is 0 Å². The Hall–Kier alpha value is -1.68. The maximum Gasteiger partial charge on any atom is 0.335 e. The lowest BCUT2D eigenvalue weighted by Gasteiger charge is -2.03. The number of ketones is 1. The van der Waals surface area contributed by atoms with Gasteiger partial charge in [0.25, 0.3) is 0 Å². The molecule has 0 aliphatic rings. The molecule has 74 valence electrons. The molecule has 0 fully saturated rings. The summed E-state index contributed by atoms with van der Waals surface area (Å²) in [7, 11) is 0. The molecule has 1 aromatic rings. The van der Waals surface area contributed by atoms with E-state index in [9.17, 15) is 9.59 Å². The monoisotopic (exact) mass is 193 g/mol. The van der Waals surface area contributed by atoms with Crippen molar-refractivity contribution in [1.29, 1.82) is 0 Å². The first-order chi connectivity index (χ1) is 6.52. The molecular weight excluding hydrogens is 182 g/mol. The number of rotatable bonds is 3. The molecule has 0 saturated heterocycles. The summed E-state index contributed by atoms with van der Waals surface area (Å²) in [6.07, 6.45) is 0. The van der Waals surface area contributed by atoms with Crippen molar-refractivity contribution in [2.24, 2.45) is 5.73 Å². The zero-order valence-electron chi connectivity index (χ0n) is 7.73. The Labute approximate surface area is 81.3 Å². The van der Waals surface area contributed by atoms with E-state index < -0.39 is 12.0 Å². The molecule has 3 N–H and O–H groups in total. The normalized spacial score (nSPS) is 12.1. The van der Waals surface area contributed by atoms with Gasteiger partial charge in [0.05, 0.1) is 11.6 Å². The zero-order valence-corrected chi connectivity index (χ0v) is 7.73. The van der Waals surface area contributed by atoms with Gasteiger partial charge in [-0.15, -0.1) is 0 Å². The topological polar surface area (TPSA) is 80.4 Å². The van der Waals surface area contributed by atoms with E-state index in [0.29, 0.717) is 5.56 Å². The van der Waals surface area contributed by atoms with Gasteiger partial charge in [-0.25, -0.2) is 4.79 Å². The van der Waals surface area contributed by atoms with Crippen LogP contribution in [-0.4, -0.2) is 22.9 Å². The van der Waals surface area contributed by atoms with Crippen LogP contribution in [0, 0.1) is 0 Å². The van der Waals surface area contributed by atoms with Crippen LogP contribution in [0.2, 0.25) is 0 Å². The Kier molecular flexibility index (Phi) is 2.99. The van der Waals surface area contributed by atoms with E-state index in [0.717, 1.165) is 0 Å². The number of carbonyl (C=O) groups excluding carboxylic acids is 1. The second-order valence-electron chi connectivity index (χ2n) is 3.04. The molecule has 0 heterocycles. The maximum absolute atomic E-state index is 11.4. The van der Waals surface area contributed by atoms with Crippen LogP contribution in [0.25, 0.3) is 0 Å². The van der Waals surface area contributed by atoms with Crippen molar-refractivity contribution in [3.05, 3.63) is 35.4 Å². The first kappa shape index (κ1) is 10.4. The molecule has 1 aromatic carbocycles. The van der Waals surface area contributed by atoms with Gasteiger partial charge in [0, 0.05) is 5.56 Å². The summed E-state index contributed by atoms with van der Waals surface area (Å²) in [5, 5.41) is 8.61. The molecule has 0 amide bonds. The van der Waals surface area contributed by atoms with Crippen molar-refractivity contribution in [2.45, 2.75) is 13.0 Å². The van der Waals surface area contributed by atoms with Gasteiger partial charge in [-0.05, 0) is 19.1 Å². The van der Waals surface area contributed by atoms with Crippen LogP contribution in [-0.2, 0) is 0 Å². The van der Waals surface area contributed by atoms with Crippen LogP contribution < -0.4 is 5.73 Å². The van der Waals surface area contributed by atoms with Crippen LogP contribution in [0.5, 0.6) is 0 Å². The Morgan fingerprint density at radius 1 is 1.21 bits per heavy atom. The van der Waals surface area contributed by atoms with Crippen molar-refractivity contribution >= 4 is 11.8 Å². The van der Waals surface area contributed by atoms with Crippen molar-refractivity contribution in [3.63, 3.8) is 0 Å². The first-order valence-electron chi connectivity index (χ1n) is 4.15. The number of hydrogen-bond acceptors (Lipinski definition) is 3. The summed E-state index contributed by atoms with van der Waals surface area (Å²) >= 11 is 0. The minimum atomic E-state index is -1.01. The third-order valence-electron chi connectivity index (χ3n) is 1.83. The standard InChI is InChI=1S/C10H11NO3/c1-6(11)9(12)7-2-4-8(5-3-7)10(13)14/h2-6H,11H2,1H3,(H,13,14). The third kappa shape index (κ3) is 2.17. The highest BCUT2D eigenvalue weighted by Gasteiger charge is 2.11. The molecule has 0 bridgehead atoms. The molecule has 14 heavy (non-hydrogen) atoms. The van der Waals surface area contributed by atoms with Gasteiger partial charge in [0.15, 0.2) is 5.78 Å². The lowest BCUT2D eigenvalue weighted by Crippen LogP contribution is -2.26. The minimum Gasteiger partial charge on any atom is -0.478 e. The molecule has 1 atom stereocenters. The predicted molar refractivity (Wildman–Crippen MR) is 51.4 cm³/mol. The fourth-order valence-electron chi connectivity index (χ4n) is 1.04. The van der Waals surface area contributed by atoms with E-state index in [1.165, 1.54) is 24.3 Å². The molecule has 0 aromatic heterocycles. The van der Waals surface area contributed by atoms with Gasteiger partial charge in [0.1, 0.15) is 0 Å². The van der Waals surface area contributed by atoms with Gasteiger partial charge in [-0.2, -0.15) is 0 Å². The number of carbonyl (C=O) groups is 2. The van der Waals surface area contributed by atoms with Crippen molar-refractivity contribution in [2.75, 3.05) is 0 Å². The average Bonchev–Trinajstić information content (AvgIpc) is 2.16. The van der Waals surface area contributed by atoms with Crippen LogP contribution in [0.1, 0.15) is 27.6 Å². The van der Waals surface area contributed by atoms with E-state index in [1.807, 2.05) is 0 Å². The largest absolute Gasteiger partial charge is 0.478 e. The number of Topliss-reactive ketones (excluding diaryl/α,β-unsaturated/α-hetero) is 1. The summed E-state index contributed by atoms with van der Waals surface area (Å²) in [6.45, 7) is 1.59. The SMILES string of the molecule is CC(N)C(=O)c1ccc(C(=O)O)cc1. The summed E-state index contributed by atoms with van der Waals surface area (Å²) < 4.78 is 0. The van der Waals surface area contributed by atoms with E-state index in [2.05, 4.69) is 0 Å². The Morgan fingerprint density at radius 2 is 1.64 bits per heavy atom. The fraction of sp³-hybridized carbons (Fsp3) is 0.200. The van der Waals surface area contributed by atoms with Gasteiger partial charge in [0.2, 0.25) is 0 Å². The molecule has 0 aliphatic heterocycles. The van der Waals surface area contributed by atoms with E-state index in [1.54, 1.807) is 6.92 Å². The average molecular weight is 193 g/mol. The molecule has 4 heteroatoms. The summed E-state index contributed by atoms with van der Waals surface area (Å²) in [5.74, 6) is -1.20. The van der Waals surface area contributed by atoms with Gasteiger partial charge >= 0.3 is 5.97 Å². The highest BCUT2D eigenvalue weighted by atomic mass is 16.4. The lowest BCUT2D eigenvalue weighted by atomic mass is 10.0. The highest BCUT2D eigenvalue weighted by Crippen LogP contribution is 2.06. The molecule has 0 radical (unpaired) electrons.